The van der Waals surface area contributed by atoms with Gasteiger partial charge in [0.15, 0.2) is 0 Å². The molecule has 0 aliphatic heterocycles. The second-order valence-electron chi connectivity index (χ2n) is 12.7. The summed E-state index contributed by atoms with van der Waals surface area (Å²) in [7, 11) is 0. The summed E-state index contributed by atoms with van der Waals surface area (Å²) in [5.74, 6) is 0.703. The number of nitriles is 1. The van der Waals surface area contributed by atoms with E-state index < -0.39 is 11.6 Å². The second kappa shape index (κ2) is 13.8. The molecule has 2 amide bonds. The Balaban J connectivity index is 1.83. The molecule has 1 aromatic heterocycles. The fourth-order valence-electron chi connectivity index (χ4n) is 4.56. The minimum atomic E-state index is -1.07. The lowest BCUT2D eigenvalue weighted by Crippen LogP contribution is -2.53. The van der Waals surface area contributed by atoms with Gasteiger partial charge in [-0.2, -0.15) is 5.26 Å². The molecular formula is C33H45N7O3. The first-order valence-corrected chi connectivity index (χ1v) is 14.6. The summed E-state index contributed by atoms with van der Waals surface area (Å²) in [6.45, 7) is 14.8. The Morgan fingerprint density at radius 1 is 1.09 bits per heavy atom. The van der Waals surface area contributed by atoms with Crippen molar-refractivity contribution < 1.29 is 14.3 Å². The van der Waals surface area contributed by atoms with Crippen LogP contribution in [0.15, 0.2) is 48.7 Å². The summed E-state index contributed by atoms with van der Waals surface area (Å²) in [5.41, 5.74) is 14.0. The number of amides is 2. The lowest BCUT2D eigenvalue weighted by molar-refractivity contribution is -0.125. The Kier molecular flexibility index (Phi) is 10.7. The summed E-state index contributed by atoms with van der Waals surface area (Å²) < 4.78 is 7.79. The summed E-state index contributed by atoms with van der Waals surface area (Å²) in [6.07, 6.45) is 2.37. The number of nitrogens with one attached hydrogen (secondary N) is 2. The van der Waals surface area contributed by atoms with Gasteiger partial charge in [-0.1, -0.05) is 45.0 Å². The number of carbonyl (C=O) groups is 2. The Hall–Kier alpha value is -4.20. The average Bonchev–Trinajstić information content (AvgIpc) is 3.36. The zero-order valence-corrected chi connectivity index (χ0v) is 26.3. The number of nitrogens with zero attached hydrogens (tertiary/aromatic N) is 3. The van der Waals surface area contributed by atoms with Crippen LogP contribution in [0.25, 0.3) is 11.3 Å². The van der Waals surface area contributed by atoms with E-state index in [9.17, 15) is 14.9 Å². The molecule has 6 N–H and O–H groups in total. The first kappa shape index (κ1) is 33.3. The Bertz CT molecular complexity index is 1460. The van der Waals surface area contributed by atoms with Gasteiger partial charge in [0.2, 0.25) is 5.91 Å². The van der Waals surface area contributed by atoms with Gasteiger partial charge in [-0.15, -0.1) is 0 Å². The maximum atomic E-state index is 13.3. The number of nitrogens with two attached hydrogens (primary N) is 2. The van der Waals surface area contributed by atoms with E-state index in [4.69, 9.17) is 21.2 Å². The van der Waals surface area contributed by atoms with Crippen LogP contribution < -0.4 is 26.8 Å². The number of carbonyl (C=O) groups excluding carboxylic acids is 2. The largest absolute Gasteiger partial charge is 0.490 e. The molecule has 3 rings (SSSR count). The van der Waals surface area contributed by atoms with Gasteiger partial charge in [0.25, 0.3) is 5.91 Å². The number of rotatable bonds is 12. The third kappa shape index (κ3) is 9.14. The molecule has 230 valence electrons. The Labute approximate surface area is 254 Å². The molecule has 0 saturated heterocycles. The molecule has 10 nitrogen and oxygen atoms in total. The van der Waals surface area contributed by atoms with Crippen molar-refractivity contribution in [2.24, 2.45) is 11.5 Å². The van der Waals surface area contributed by atoms with Gasteiger partial charge in [0.05, 0.1) is 28.9 Å². The molecule has 1 heterocycles. The lowest BCUT2D eigenvalue weighted by Gasteiger charge is -2.23. The summed E-state index contributed by atoms with van der Waals surface area (Å²) >= 11 is 0. The van der Waals surface area contributed by atoms with E-state index in [0.29, 0.717) is 30.8 Å². The number of ether oxygens (including phenoxy) is 1. The van der Waals surface area contributed by atoms with Crippen LogP contribution in [-0.2, 0) is 23.2 Å². The van der Waals surface area contributed by atoms with Crippen LogP contribution in [0.3, 0.4) is 0 Å². The van der Waals surface area contributed by atoms with Crippen LogP contribution in [0.5, 0.6) is 5.75 Å². The molecule has 1 atom stereocenters. The van der Waals surface area contributed by atoms with E-state index in [1.54, 1.807) is 26.0 Å². The van der Waals surface area contributed by atoms with Crippen molar-refractivity contribution in [3.63, 3.8) is 0 Å². The van der Waals surface area contributed by atoms with Gasteiger partial charge in [-0.25, -0.2) is 4.98 Å². The van der Waals surface area contributed by atoms with Crippen LogP contribution in [0.4, 0.5) is 0 Å². The van der Waals surface area contributed by atoms with E-state index in [-0.39, 0.29) is 35.4 Å². The van der Waals surface area contributed by atoms with Crippen molar-refractivity contribution >= 4 is 11.8 Å². The minimum absolute atomic E-state index is 0.111. The lowest BCUT2D eigenvalue weighted by atomic mass is 9.95. The fraction of sp³-hybridized carbons (Fsp3) is 0.455. The van der Waals surface area contributed by atoms with Crippen molar-refractivity contribution in [1.29, 1.82) is 5.26 Å². The Morgan fingerprint density at radius 2 is 1.77 bits per heavy atom. The average molecular weight is 588 g/mol. The monoisotopic (exact) mass is 587 g/mol. The van der Waals surface area contributed by atoms with Crippen LogP contribution >= 0.6 is 0 Å². The van der Waals surface area contributed by atoms with E-state index in [0.717, 1.165) is 22.6 Å². The second-order valence-corrected chi connectivity index (χ2v) is 12.7. The molecular weight excluding hydrogens is 542 g/mol. The highest BCUT2D eigenvalue weighted by Crippen LogP contribution is 2.27. The topological polar surface area (TPSA) is 161 Å². The predicted octanol–water partition coefficient (Wildman–Crippen LogP) is 3.66. The first-order chi connectivity index (χ1) is 20.1. The highest BCUT2D eigenvalue weighted by molar-refractivity contribution is 5.95. The van der Waals surface area contributed by atoms with Gasteiger partial charge in [-0.3, -0.25) is 9.59 Å². The standard InChI is InChI=1S/C33H45N7O3/c1-21(2)43-28-13-12-24(17-25(28)18-35)29(41)38-26(19-37-31(42)33(6,7)36)16-22-8-10-23(11-9-22)27-20-40(15-14-34)30(39-27)32(3,4)5/h8-13,17,20-21,26H,14-16,19,34,36H2,1-7H3,(H,37,42)(H,38,41)/t26-/m0/s1. The molecule has 43 heavy (non-hydrogen) atoms. The fourth-order valence-corrected chi connectivity index (χ4v) is 4.56. The van der Waals surface area contributed by atoms with E-state index in [1.807, 2.05) is 44.3 Å². The van der Waals surface area contributed by atoms with Gasteiger partial charge in [0, 0.05) is 42.4 Å². The molecule has 0 aliphatic rings. The third-order valence-electron chi connectivity index (χ3n) is 6.70. The normalized spacial score (nSPS) is 12.5. The van der Waals surface area contributed by atoms with Crippen LogP contribution in [0.2, 0.25) is 0 Å². The smallest absolute Gasteiger partial charge is 0.251 e. The predicted molar refractivity (Wildman–Crippen MR) is 169 cm³/mol. The van der Waals surface area contributed by atoms with Gasteiger partial charge >= 0.3 is 0 Å². The van der Waals surface area contributed by atoms with Gasteiger partial charge < -0.3 is 31.4 Å². The number of aromatic nitrogens is 2. The van der Waals surface area contributed by atoms with Crippen molar-refractivity contribution in [2.45, 2.75) is 84.5 Å². The number of hydrogen-bond donors (Lipinski definition) is 4. The number of benzene rings is 2. The van der Waals surface area contributed by atoms with Crippen molar-refractivity contribution in [1.82, 2.24) is 20.2 Å². The molecule has 0 saturated carbocycles. The molecule has 0 bridgehead atoms. The maximum Gasteiger partial charge on any atom is 0.251 e. The third-order valence-corrected chi connectivity index (χ3v) is 6.70. The molecule has 0 spiro atoms. The highest BCUT2D eigenvalue weighted by atomic mass is 16.5. The van der Waals surface area contributed by atoms with Gasteiger partial charge in [0.1, 0.15) is 17.6 Å². The van der Waals surface area contributed by atoms with E-state index in [2.05, 4.69) is 42.0 Å². The Morgan fingerprint density at radius 3 is 2.33 bits per heavy atom. The van der Waals surface area contributed by atoms with Crippen molar-refractivity contribution in [3.8, 4) is 23.1 Å². The van der Waals surface area contributed by atoms with E-state index in [1.165, 1.54) is 6.07 Å². The molecule has 0 aliphatic carbocycles. The van der Waals surface area contributed by atoms with Crippen molar-refractivity contribution in [3.05, 3.63) is 71.2 Å². The maximum absolute atomic E-state index is 13.3. The zero-order chi connectivity index (χ0) is 31.9. The van der Waals surface area contributed by atoms with Crippen LogP contribution in [0.1, 0.15) is 75.8 Å². The minimum Gasteiger partial charge on any atom is -0.490 e. The molecule has 3 aromatic rings. The number of hydrogen-bond acceptors (Lipinski definition) is 7. The zero-order valence-electron chi connectivity index (χ0n) is 26.3. The molecule has 0 radical (unpaired) electrons. The molecule has 0 fully saturated rings. The van der Waals surface area contributed by atoms with Crippen molar-refractivity contribution in [2.75, 3.05) is 13.1 Å². The summed E-state index contributed by atoms with van der Waals surface area (Å²) in [6, 6.07) is 14.4. The highest BCUT2D eigenvalue weighted by Gasteiger charge is 2.25. The van der Waals surface area contributed by atoms with Crippen LogP contribution in [0, 0.1) is 11.3 Å². The molecule has 10 heteroatoms. The summed E-state index contributed by atoms with van der Waals surface area (Å²) in [5, 5.41) is 15.5. The van der Waals surface area contributed by atoms with Crippen LogP contribution in [-0.4, -0.2) is 52.1 Å². The SMILES string of the molecule is CC(C)Oc1ccc(C(=O)N[C@H](CNC(=O)C(C)(C)N)Cc2ccc(-c3cn(CCN)c(C(C)(C)C)n3)cc2)cc1C#N. The number of imidazole rings is 1. The van der Waals surface area contributed by atoms with E-state index >= 15 is 0 Å². The first-order valence-electron chi connectivity index (χ1n) is 14.6. The quantitative estimate of drug-likeness (QED) is 0.251. The van der Waals surface area contributed by atoms with Gasteiger partial charge in [-0.05, 0) is 57.9 Å². The molecule has 0 unspecified atom stereocenters. The summed E-state index contributed by atoms with van der Waals surface area (Å²) in [4.78, 5) is 30.7. The molecule has 2 aromatic carbocycles.